The fraction of sp³-hybridized carbons (Fsp3) is 0.294. The molecule has 22 heavy (non-hydrogen) atoms. The van der Waals surface area contributed by atoms with Gasteiger partial charge in [-0.15, -0.1) is 0 Å². The summed E-state index contributed by atoms with van der Waals surface area (Å²) in [6.45, 7) is 6.03. The molecule has 1 heterocycles. The number of primary amides is 1. The van der Waals surface area contributed by atoms with Crippen LogP contribution < -0.4 is 5.73 Å². The van der Waals surface area contributed by atoms with Crippen LogP contribution in [0.25, 0.3) is 0 Å². The van der Waals surface area contributed by atoms with E-state index in [0.29, 0.717) is 10.0 Å². The predicted octanol–water partition coefficient (Wildman–Crippen LogP) is 4.23. The quantitative estimate of drug-likeness (QED) is 0.832. The smallest absolute Gasteiger partial charge is 0.235 e. The van der Waals surface area contributed by atoms with Crippen molar-refractivity contribution in [2.45, 2.75) is 37.5 Å². The Labute approximate surface area is 140 Å². The molecule has 116 valence electrons. The average Bonchev–Trinajstić information content (AvgIpc) is 2.50. The molecule has 0 saturated carbocycles. The van der Waals surface area contributed by atoms with Gasteiger partial charge in [-0.25, -0.2) is 4.98 Å². The van der Waals surface area contributed by atoms with Crippen LogP contribution in [-0.2, 0) is 11.2 Å². The van der Waals surface area contributed by atoms with Crippen LogP contribution >= 0.6 is 23.4 Å². The highest BCUT2D eigenvalue weighted by molar-refractivity contribution is 8.00. The van der Waals surface area contributed by atoms with Crippen LogP contribution in [0.1, 0.15) is 34.6 Å². The second-order valence-corrected chi connectivity index (χ2v) is 6.56. The monoisotopic (exact) mass is 334 g/mol. The lowest BCUT2D eigenvalue weighted by Gasteiger charge is -2.17. The molecule has 2 N–H and O–H groups in total. The minimum Gasteiger partial charge on any atom is -0.368 e. The van der Waals surface area contributed by atoms with Crippen molar-refractivity contribution in [3.8, 4) is 0 Å². The third kappa shape index (κ3) is 3.45. The maximum absolute atomic E-state index is 11.9. The highest BCUT2D eigenvalue weighted by Crippen LogP contribution is 2.40. The summed E-state index contributed by atoms with van der Waals surface area (Å²) in [7, 11) is 0. The van der Waals surface area contributed by atoms with E-state index >= 15 is 0 Å². The normalized spacial score (nSPS) is 12.2. The lowest BCUT2D eigenvalue weighted by molar-refractivity contribution is -0.117. The molecular weight excluding hydrogens is 316 g/mol. The van der Waals surface area contributed by atoms with Gasteiger partial charge in [0, 0.05) is 5.69 Å². The van der Waals surface area contributed by atoms with Gasteiger partial charge in [-0.05, 0) is 37.0 Å². The van der Waals surface area contributed by atoms with Crippen molar-refractivity contribution in [3.63, 3.8) is 0 Å². The second-order valence-electron chi connectivity index (χ2n) is 5.08. The molecule has 2 aromatic rings. The van der Waals surface area contributed by atoms with Gasteiger partial charge in [0.2, 0.25) is 5.91 Å². The molecule has 0 fully saturated rings. The van der Waals surface area contributed by atoms with E-state index in [0.717, 1.165) is 28.8 Å². The lowest BCUT2D eigenvalue weighted by atomic mass is 10.1. The first-order valence-corrected chi connectivity index (χ1v) is 8.38. The molecule has 1 aromatic heterocycles. The fourth-order valence-corrected chi connectivity index (χ4v) is 3.83. The van der Waals surface area contributed by atoms with E-state index in [4.69, 9.17) is 17.3 Å². The maximum Gasteiger partial charge on any atom is 0.235 e. The first-order chi connectivity index (χ1) is 10.5. The summed E-state index contributed by atoms with van der Waals surface area (Å²) in [6, 6.07) is 9.45. The molecule has 1 unspecified atom stereocenters. The highest BCUT2D eigenvalue weighted by Gasteiger charge is 2.23. The Balaban J connectivity index is 2.44. The number of pyridine rings is 1. The molecule has 1 atom stereocenters. The third-order valence-corrected chi connectivity index (χ3v) is 5.44. The van der Waals surface area contributed by atoms with Crippen LogP contribution in [0.4, 0.5) is 0 Å². The molecule has 0 radical (unpaired) electrons. The van der Waals surface area contributed by atoms with E-state index in [1.807, 2.05) is 44.2 Å². The van der Waals surface area contributed by atoms with Crippen LogP contribution in [0.2, 0.25) is 5.02 Å². The molecule has 0 bridgehead atoms. The molecule has 2 rings (SSSR count). The summed E-state index contributed by atoms with van der Waals surface area (Å²) in [6.07, 6.45) is 0.828. The number of carbonyl (C=O) groups excluding carboxylic acids is 1. The lowest BCUT2D eigenvalue weighted by Crippen LogP contribution is -2.19. The number of aryl methyl sites for hydroxylation is 1. The van der Waals surface area contributed by atoms with Crippen LogP contribution in [-0.4, -0.2) is 10.9 Å². The molecule has 5 heteroatoms. The summed E-state index contributed by atoms with van der Waals surface area (Å²) in [5, 5.41) is 0.782. The summed E-state index contributed by atoms with van der Waals surface area (Å²) >= 11 is 7.80. The number of carbonyl (C=O) groups is 1. The van der Waals surface area contributed by atoms with Gasteiger partial charge in [-0.1, -0.05) is 60.6 Å². The van der Waals surface area contributed by atoms with E-state index in [9.17, 15) is 4.79 Å². The first kappa shape index (κ1) is 16.8. The summed E-state index contributed by atoms with van der Waals surface area (Å²) in [5.74, 6) is -0.398. The van der Waals surface area contributed by atoms with Crippen LogP contribution in [0.15, 0.2) is 35.4 Å². The highest BCUT2D eigenvalue weighted by atomic mass is 35.5. The average molecular weight is 335 g/mol. The molecule has 1 amide bonds. The van der Waals surface area contributed by atoms with Crippen molar-refractivity contribution >= 4 is 29.3 Å². The number of hydrogen-bond acceptors (Lipinski definition) is 3. The van der Waals surface area contributed by atoms with E-state index in [1.165, 1.54) is 11.8 Å². The van der Waals surface area contributed by atoms with Gasteiger partial charge in [-0.2, -0.15) is 0 Å². The number of aromatic nitrogens is 1. The Morgan fingerprint density at radius 2 is 1.95 bits per heavy atom. The van der Waals surface area contributed by atoms with Gasteiger partial charge in [0.15, 0.2) is 0 Å². The zero-order valence-electron chi connectivity index (χ0n) is 12.9. The number of amides is 1. The standard InChI is InChI=1S/C17H19ClN2OS/c1-4-13-10(2)11(3)20-17(14(13)18)22-15(16(19)21)12-8-6-5-7-9-12/h5-9,15H,4H2,1-3H3,(H2,19,21). The number of nitrogens with zero attached hydrogens (tertiary/aromatic N) is 1. The van der Waals surface area contributed by atoms with Crippen LogP contribution in [0.5, 0.6) is 0 Å². The molecule has 0 aliphatic heterocycles. The number of thioether (sulfide) groups is 1. The van der Waals surface area contributed by atoms with E-state index in [1.54, 1.807) is 0 Å². The summed E-state index contributed by atoms with van der Waals surface area (Å²) in [5.41, 5.74) is 9.54. The van der Waals surface area contributed by atoms with E-state index in [-0.39, 0.29) is 0 Å². The predicted molar refractivity (Wildman–Crippen MR) is 92.3 cm³/mol. The van der Waals surface area contributed by atoms with Gasteiger partial charge < -0.3 is 5.73 Å². The van der Waals surface area contributed by atoms with Crippen molar-refractivity contribution in [2.75, 3.05) is 0 Å². The van der Waals surface area contributed by atoms with Crippen molar-refractivity contribution in [1.29, 1.82) is 0 Å². The molecular formula is C17H19ClN2OS. The zero-order valence-corrected chi connectivity index (χ0v) is 14.5. The van der Waals surface area contributed by atoms with Crippen LogP contribution in [0.3, 0.4) is 0 Å². The SMILES string of the molecule is CCc1c(C)c(C)nc(SC(C(N)=O)c2ccccc2)c1Cl. The number of benzene rings is 1. The van der Waals surface area contributed by atoms with Crippen molar-refractivity contribution in [3.05, 3.63) is 57.7 Å². The number of rotatable bonds is 5. The zero-order chi connectivity index (χ0) is 16.3. The summed E-state index contributed by atoms with van der Waals surface area (Å²) < 4.78 is 0. The van der Waals surface area contributed by atoms with Gasteiger partial charge in [0.25, 0.3) is 0 Å². The minimum absolute atomic E-state index is 0.398. The Morgan fingerprint density at radius 1 is 1.32 bits per heavy atom. The van der Waals surface area contributed by atoms with Gasteiger partial charge in [0.1, 0.15) is 10.3 Å². The number of hydrogen-bond donors (Lipinski definition) is 1. The fourth-order valence-electron chi connectivity index (χ4n) is 2.33. The van der Waals surface area contributed by atoms with E-state index in [2.05, 4.69) is 11.9 Å². The third-order valence-electron chi connectivity index (χ3n) is 3.66. The largest absolute Gasteiger partial charge is 0.368 e. The molecule has 0 saturated heterocycles. The topological polar surface area (TPSA) is 56.0 Å². The van der Waals surface area contributed by atoms with Crippen molar-refractivity contribution < 1.29 is 4.79 Å². The Kier molecular flexibility index (Phi) is 5.48. The van der Waals surface area contributed by atoms with Crippen molar-refractivity contribution in [1.82, 2.24) is 4.98 Å². The Hall–Kier alpha value is -1.52. The molecule has 0 aliphatic carbocycles. The van der Waals surface area contributed by atoms with Crippen LogP contribution in [0, 0.1) is 13.8 Å². The molecule has 3 nitrogen and oxygen atoms in total. The minimum atomic E-state index is -0.502. The van der Waals surface area contributed by atoms with E-state index < -0.39 is 11.2 Å². The molecule has 0 spiro atoms. The Bertz CT molecular complexity index is 689. The first-order valence-electron chi connectivity index (χ1n) is 7.12. The maximum atomic E-state index is 11.9. The second kappa shape index (κ2) is 7.16. The number of nitrogens with two attached hydrogens (primary N) is 1. The summed E-state index contributed by atoms with van der Waals surface area (Å²) in [4.78, 5) is 16.4. The number of halogens is 1. The molecule has 1 aromatic carbocycles. The Morgan fingerprint density at radius 3 is 2.50 bits per heavy atom. The van der Waals surface area contributed by atoms with Gasteiger partial charge >= 0.3 is 0 Å². The van der Waals surface area contributed by atoms with Crippen molar-refractivity contribution in [2.24, 2.45) is 5.73 Å². The molecule has 0 aliphatic rings. The van der Waals surface area contributed by atoms with Gasteiger partial charge in [0.05, 0.1) is 5.02 Å². The van der Waals surface area contributed by atoms with Gasteiger partial charge in [-0.3, -0.25) is 4.79 Å².